The number of carbonyl (C=O) groups is 1. The number of rotatable bonds is 2. The summed E-state index contributed by atoms with van der Waals surface area (Å²) in [5.41, 5.74) is 0.530. The average Bonchev–Trinajstić information content (AvgIpc) is 2.59. The first-order chi connectivity index (χ1) is 7.86. The van der Waals surface area contributed by atoms with E-state index < -0.39 is 0 Å². The molecule has 0 unspecified atom stereocenters. The first kappa shape index (κ1) is 10.2. The maximum absolute atomic E-state index is 11.7. The molecule has 16 heavy (non-hydrogen) atoms. The van der Waals surface area contributed by atoms with Crippen LogP contribution in [0.4, 0.5) is 0 Å². The fourth-order valence-corrected chi connectivity index (χ4v) is 1.24. The Morgan fingerprint density at radius 1 is 1.06 bits per heavy atom. The third kappa shape index (κ3) is 2.60. The van der Waals surface area contributed by atoms with E-state index >= 15 is 0 Å². The molecule has 0 saturated carbocycles. The van der Waals surface area contributed by atoms with Gasteiger partial charge in [0, 0.05) is 6.20 Å². The van der Waals surface area contributed by atoms with Crippen LogP contribution in [-0.2, 0) is 4.74 Å². The van der Waals surface area contributed by atoms with Gasteiger partial charge in [-0.3, -0.25) is 0 Å². The van der Waals surface area contributed by atoms with Gasteiger partial charge >= 0.3 is 5.97 Å². The number of benzene rings is 1. The lowest BCUT2D eigenvalue weighted by atomic mass is 10.2. The van der Waals surface area contributed by atoms with Crippen molar-refractivity contribution in [2.75, 3.05) is 0 Å². The Morgan fingerprint density at radius 2 is 1.88 bits per heavy atom. The van der Waals surface area contributed by atoms with E-state index in [0.717, 1.165) is 0 Å². The summed E-state index contributed by atoms with van der Waals surface area (Å²) in [5.74, 6) is 0.0434. The van der Waals surface area contributed by atoms with Gasteiger partial charge in [-0.1, -0.05) is 30.4 Å². The molecule has 0 radical (unpaired) electrons. The Kier molecular flexibility index (Phi) is 3.18. The van der Waals surface area contributed by atoms with Crippen LogP contribution in [0, 0.1) is 0 Å². The second-order valence-corrected chi connectivity index (χ2v) is 3.17. The molecule has 2 rings (SSSR count). The highest BCUT2D eigenvalue weighted by Gasteiger charge is 2.08. The van der Waals surface area contributed by atoms with E-state index in [4.69, 9.17) is 4.74 Å². The zero-order valence-electron chi connectivity index (χ0n) is 8.59. The van der Waals surface area contributed by atoms with Gasteiger partial charge in [0.25, 0.3) is 0 Å². The zero-order chi connectivity index (χ0) is 11.2. The molecule has 0 saturated heterocycles. The van der Waals surface area contributed by atoms with Crippen molar-refractivity contribution < 1.29 is 9.53 Å². The van der Waals surface area contributed by atoms with Crippen molar-refractivity contribution in [3.63, 3.8) is 0 Å². The summed E-state index contributed by atoms with van der Waals surface area (Å²) in [4.78, 5) is 11.7. The van der Waals surface area contributed by atoms with Gasteiger partial charge in [-0.15, -0.1) is 0 Å². The van der Waals surface area contributed by atoms with Gasteiger partial charge in [-0.05, 0) is 24.3 Å². The number of ether oxygens (including phenoxy) is 1. The smallest absolute Gasteiger partial charge is 0.344 e. The molecule has 3 nitrogen and oxygen atoms in total. The first-order valence-electron chi connectivity index (χ1n) is 4.93. The molecular formula is C13H11NO2. The molecule has 1 heterocycles. The van der Waals surface area contributed by atoms with Crippen LogP contribution < -0.4 is 5.32 Å². The maximum atomic E-state index is 11.7. The minimum absolute atomic E-state index is 0.372. The molecule has 1 aromatic rings. The van der Waals surface area contributed by atoms with Crippen LogP contribution in [0.15, 0.2) is 66.7 Å². The van der Waals surface area contributed by atoms with Crippen molar-refractivity contribution in [1.29, 1.82) is 0 Å². The van der Waals surface area contributed by atoms with Crippen molar-refractivity contribution >= 4 is 5.97 Å². The number of hydrogen-bond donors (Lipinski definition) is 1. The summed E-state index contributed by atoms with van der Waals surface area (Å²) in [6.45, 7) is 0. The van der Waals surface area contributed by atoms with Gasteiger partial charge in [0.2, 0.25) is 5.88 Å². The molecule has 0 amide bonds. The van der Waals surface area contributed by atoms with E-state index in [1.165, 1.54) is 0 Å². The summed E-state index contributed by atoms with van der Waals surface area (Å²) >= 11 is 0. The fourth-order valence-electron chi connectivity index (χ4n) is 1.24. The van der Waals surface area contributed by atoms with E-state index in [0.29, 0.717) is 11.4 Å². The normalized spacial score (nSPS) is 13.6. The maximum Gasteiger partial charge on any atom is 0.344 e. The highest BCUT2D eigenvalue weighted by Crippen LogP contribution is 2.05. The second kappa shape index (κ2) is 4.98. The van der Waals surface area contributed by atoms with Gasteiger partial charge in [-0.25, -0.2) is 4.79 Å². The van der Waals surface area contributed by atoms with E-state index in [2.05, 4.69) is 5.32 Å². The summed E-state index contributed by atoms with van der Waals surface area (Å²) in [6, 6.07) is 8.87. The van der Waals surface area contributed by atoms with Gasteiger partial charge in [0.05, 0.1) is 5.56 Å². The van der Waals surface area contributed by atoms with E-state index in [9.17, 15) is 4.79 Å². The van der Waals surface area contributed by atoms with Crippen LogP contribution in [0.3, 0.4) is 0 Å². The van der Waals surface area contributed by atoms with Crippen molar-refractivity contribution in [3.05, 3.63) is 72.3 Å². The molecule has 80 valence electrons. The molecule has 1 aromatic carbocycles. The molecule has 0 bridgehead atoms. The highest BCUT2D eigenvalue weighted by atomic mass is 16.5. The molecular weight excluding hydrogens is 202 g/mol. The molecule has 0 aliphatic carbocycles. The number of carbonyl (C=O) groups excluding carboxylic acids is 1. The summed E-state index contributed by atoms with van der Waals surface area (Å²) in [6.07, 6.45) is 8.86. The Labute approximate surface area is 93.7 Å². The standard InChI is InChI=1S/C13H11NO2/c15-13(11-7-3-1-4-8-11)16-12-9-5-2-6-10-14-12/h1-10,14H. The lowest BCUT2D eigenvalue weighted by molar-refractivity contribution is 0.0609. The first-order valence-corrected chi connectivity index (χ1v) is 4.93. The molecule has 0 aromatic heterocycles. The van der Waals surface area contributed by atoms with Gasteiger partial charge < -0.3 is 10.1 Å². The van der Waals surface area contributed by atoms with Crippen LogP contribution in [0.2, 0.25) is 0 Å². The SMILES string of the molecule is O=C(OC1=CC=CC=CN1)c1ccccc1. The largest absolute Gasteiger partial charge is 0.406 e. The summed E-state index contributed by atoms with van der Waals surface area (Å²) in [7, 11) is 0. The fraction of sp³-hybridized carbons (Fsp3) is 0. The molecule has 1 N–H and O–H groups in total. The highest BCUT2D eigenvalue weighted by molar-refractivity contribution is 5.89. The lowest BCUT2D eigenvalue weighted by Gasteiger charge is -2.06. The lowest BCUT2D eigenvalue weighted by Crippen LogP contribution is -2.13. The van der Waals surface area contributed by atoms with Crippen LogP contribution in [0.1, 0.15) is 10.4 Å². The Morgan fingerprint density at radius 3 is 2.69 bits per heavy atom. The molecule has 1 aliphatic heterocycles. The van der Waals surface area contributed by atoms with Crippen molar-refractivity contribution in [1.82, 2.24) is 5.32 Å². The van der Waals surface area contributed by atoms with Crippen molar-refractivity contribution in [3.8, 4) is 0 Å². The molecule has 0 atom stereocenters. The van der Waals surface area contributed by atoms with E-state index in [1.807, 2.05) is 18.2 Å². The predicted octanol–water partition coefficient (Wildman–Crippen LogP) is 2.36. The van der Waals surface area contributed by atoms with Gasteiger partial charge in [0.15, 0.2) is 0 Å². The molecule has 0 spiro atoms. The molecule has 1 aliphatic rings. The van der Waals surface area contributed by atoms with E-state index in [-0.39, 0.29) is 5.97 Å². The van der Waals surface area contributed by atoms with Crippen LogP contribution in [0.25, 0.3) is 0 Å². The number of hydrogen-bond acceptors (Lipinski definition) is 3. The van der Waals surface area contributed by atoms with Crippen LogP contribution >= 0.6 is 0 Å². The number of allylic oxidation sites excluding steroid dienone is 4. The zero-order valence-corrected chi connectivity index (χ0v) is 8.59. The minimum atomic E-state index is -0.372. The quantitative estimate of drug-likeness (QED) is 0.766. The topological polar surface area (TPSA) is 38.3 Å². The predicted molar refractivity (Wildman–Crippen MR) is 61.4 cm³/mol. The average molecular weight is 213 g/mol. The third-order valence-electron chi connectivity index (χ3n) is 2.00. The number of nitrogens with one attached hydrogen (secondary N) is 1. The van der Waals surface area contributed by atoms with Crippen LogP contribution in [-0.4, -0.2) is 5.97 Å². The summed E-state index contributed by atoms with van der Waals surface area (Å²) in [5, 5.41) is 2.86. The molecule has 0 fully saturated rings. The number of esters is 1. The van der Waals surface area contributed by atoms with Crippen LogP contribution in [0.5, 0.6) is 0 Å². The monoisotopic (exact) mass is 213 g/mol. The molecule has 3 heteroatoms. The Balaban J connectivity index is 2.06. The third-order valence-corrected chi connectivity index (χ3v) is 2.00. The Hall–Kier alpha value is -2.29. The van der Waals surface area contributed by atoms with E-state index in [1.54, 1.807) is 42.6 Å². The van der Waals surface area contributed by atoms with Gasteiger partial charge in [-0.2, -0.15) is 0 Å². The Bertz CT molecular complexity index is 458. The minimum Gasteiger partial charge on any atom is -0.406 e. The van der Waals surface area contributed by atoms with Crippen molar-refractivity contribution in [2.45, 2.75) is 0 Å². The second-order valence-electron chi connectivity index (χ2n) is 3.17. The van der Waals surface area contributed by atoms with Gasteiger partial charge in [0.1, 0.15) is 0 Å². The summed E-state index contributed by atoms with van der Waals surface area (Å²) < 4.78 is 5.17. The van der Waals surface area contributed by atoms with Crippen molar-refractivity contribution in [2.24, 2.45) is 0 Å².